The summed E-state index contributed by atoms with van der Waals surface area (Å²) in [6.45, 7) is 1.62. The van der Waals surface area contributed by atoms with E-state index in [4.69, 9.17) is 9.47 Å². The first-order chi connectivity index (χ1) is 12.0. The van der Waals surface area contributed by atoms with Gasteiger partial charge >= 0.3 is 5.97 Å². The Bertz CT molecular complexity index is 1010. The highest BCUT2D eigenvalue weighted by molar-refractivity contribution is 5.93. The van der Waals surface area contributed by atoms with Crippen LogP contribution in [-0.2, 0) is 11.3 Å². The number of fused-ring (bicyclic) bond motifs is 1. The van der Waals surface area contributed by atoms with Crippen LogP contribution in [0.25, 0.3) is 10.9 Å². The van der Waals surface area contributed by atoms with Gasteiger partial charge in [-0.15, -0.1) is 0 Å². The number of aromatic nitrogens is 2. The molecule has 0 radical (unpaired) electrons. The van der Waals surface area contributed by atoms with Gasteiger partial charge in [-0.05, 0) is 30.7 Å². The molecule has 1 heterocycles. The number of hydrogen-bond donors (Lipinski definition) is 2. The smallest absolute Gasteiger partial charge is 0.342 e. The molecule has 2 N–H and O–H groups in total. The topological polar surface area (TPSA) is 102 Å². The zero-order chi connectivity index (χ0) is 18.0. The highest BCUT2D eigenvalue weighted by Gasteiger charge is 2.17. The van der Waals surface area contributed by atoms with Crippen LogP contribution in [0.3, 0.4) is 0 Å². The summed E-state index contributed by atoms with van der Waals surface area (Å²) < 4.78 is 10.1. The maximum Gasteiger partial charge on any atom is 0.342 e. The Labute approximate surface area is 142 Å². The van der Waals surface area contributed by atoms with Crippen molar-refractivity contribution in [3.63, 3.8) is 0 Å². The first-order valence-corrected chi connectivity index (χ1v) is 7.53. The Morgan fingerprint density at radius 3 is 2.76 bits per heavy atom. The predicted molar refractivity (Wildman–Crippen MR) is 90.9 cm³/mol. The van der Waals surface area contributed by atoms with Gasteiger partial charge < -0.3 is 19.6 Å². The fraction of sp³-hybridized carbons (Fsp3) is 0.167. The number of H-pyrrole nitrogens is 1. The monoisotopic (exact) mass is 340 g/mol. The molecule has 7 nitrogen and oxygen atoms in total. The molecule has 128 valence electrons. The summed E-state index contributed by atoms with van der Waals surface area (Å²) in [7, 11) is 1.39. The molecular weight excluding hydrogens is 324 g/mol. The quantitative estimate of drug-likeness (QED) is 0.707. The van der Waals surface area contributed by atoms with E-state index >= 15 is 0 Å². The number of nitrogens with zero attached hydrogens (tertiary/aromatic N) is 1. The van der Waals surface area contributed by atoms with E-state index in [9.17, 15) is 14.7 Å². The van der Waals surface area contributed by atoms with E-state index in [1.54, 1.807) is 18.2 Å². The third kappa shape index (κ3) is 3.16. The van der Waals surface area contributed by atoms with Gasteiger partial charge in [-0.25, -0.2) is 9.78 Å². The number of rotatable bonds is 4. The molecule has 0 amide bonds. The SMILES string of the molecule is COc1cccc(C(=O)OCc2nc3c(C)cccc3c(=O)[nH]2)c1O. The maximum atomic E-state index is 12.2. The number of phenols is 1. The molecule has 0 bridgehead atoms. The molecule has 0 aliphatic rings. The molecule has 0 saturated carbocycles. The van der Waals surface area contributed by atoms with Crippen molar-refractivity contribution in [3.8, 4) is 11.5 Å². The van der Waals surface area contributed by atoms with Gasteiger partial charge in [0.05, 0.1) is 18.0 Å². The van der Waals surface area contributed by atoms with Gasteiger partial charge in [0.25, 0.3) is 5.56 Å². The van der Waals surface area contributed by atoms with Crippen LogP contribution >= 0.6 is 0 Å². The molecule has 0 aliphatic heterocycles. The van der Waals surface area contributed by atoms with E-state index in [0.29, 0.717) is 10.9 Å². The number of nitrogens with one attached hydrogen (secondary N) is 1. The Morgan fingerprint density at radius 1 is 1.24 bits per heavy atom. The average Bonchev–Trinajstić information content (AvgIpc) is 2.61. The number of aromatic amines is 1. The highest BCUT2D eigenvalue weighted by Crippen LogP contribution is 2.29. The van der Waals surface area contributed by atoms with E-state index < -0.39 is 5.97 Å². The molecule has 0 spiro atoms. The molecule has 3 aromatic rings. The van der Waals surface area contributed by atoms with Gasteiger partial charge in [-0.1, -0.05) is 18.2 Å². The minimum Gasteiger partial charge on any atom is -0.504 e. The van der Waals surface area contributed by atoms with Crippen LogP contribution in [0.2, 0.25) is 0 Å². The van der Waals surface area contributed by atoms with E-state index in [1.807, 2.05) is 13.0 Å². The molecule has 25 heavy (non-hydrogen) atoms. The number of ether oxygens (including phenoxy) is 2. The molecule has 0 saturated heterocycles. The normalized spacial score (nSPS) is 10.6. The minimum absolute atomic E-state index is 0.0290. The number of hydrogen-bond acceptors (Lipinski definition) is 6. The van der Waals surface area contributed by atoms with Crippen LogP contribution in [0.15, 0.2) is 41.2 Å². The number of benzene rings is 2. The summed E-state index contributed by atoms with van der Waals surface area (Å²) in [5, 5.41) is 10.5. The first kappa shape index (κ1) is 16.5. The number of methoxy groups -OCH3 is 1. The van der Waals surface area contributed by atoms with Crippen LogP contribution < -0.4 is 10.3 Å². The van der Waals surface area contributed by atoms with E-state index in [-0.39, 0.29) is 35.1 Å². The lowest BCUT2D eigenvalue weighted by Gasteiger charge is -2.09. The second-order valence-corrected chi connectivity index (χ2v) is 5.42. The summed E-state index contributed by atoms with van der Waals surface area (Å²) >= 11 is 0. The summed E-state index contributed by atoms with van der Waals surface area (Å²) in [6.07, 6.45) is 0. The zero-order valence-corrected chi connectivity index (χ0v) is 13.7. The van der Waals surface area contributed by atoms with E-state index in [2.05, 4.69) is 9.97 Å². The number of phenolic OH excluding ortho intramolecular Hbond substituents is 1. The number of carbonyl (C=O) groups is 1. The molecule has 0 atom stereocenters. The number of para-hydroxylation sites is 2. The number of aryl methyl sites for hydroxylation is 1. The van der Waals surface area contributed by atoms with Gasteiger partial charge in [0.1, 0.15) is 18.0 Å². The molecular formula is C18H16N2O5. The highest BCUT2D eigenvalue weighted by atomic mass is 16.5. The molecule has 0 aliphatic carbocycles. The summed E-state index contributed by atoms with van der Waals surface area (Å²) in [4.78, 5) is 31.2. The summed E-state index contributed by atoms with van der Waals surface area (Å²) in [6, 6.07) is 9.81. The van der Waals surface area contributed by atoms with Crippen LogP contribution in [0.5, 0.6) is 11.5 Å². The molecule has 2 aromatic carbocycles. The van der Waals surface area contributed by atoms with Crippen molar-refractivity contribution in [2.75, 3.05) is 7.11 Å². The fourth-order valence-electron chi connectivity index (χ4n) is 2.48. The van der Waals surface area contributed by atoms with E-state index in [1.165, 1.54) is 19.2 Å². The second-order valence-electron chi connectivity index (χ2n) is 5.42. The molecule has 1 aromatic heterocycles. The van der Waals surface area contributed by atoms with Gasteiger partial charge in [0.15, 0.2) is 11.5 Å². The molecule has 0 unspecified atom stereocenters. The Kier molecular flexibility index (Phi) is 4.38. The predicted octanol–water partition coefficient (Wildman–Crippen LogP) is 2.30. The minimum atomic E-state index is -0.746. The van der Waals surface area contributed by atoms with Crippen molar-refractivity contribution < 1.29 is 19.4 Å². The van der Waals surface area contributed by atoms with Crippen LogP contribution in [0, 0.1) is 6.92 Å². The van der Waals surface area contributed by atoms with Crippen molar-refractivity contribution in [1.82, 2.24) is 9.97 Å². The summed E-state index contributed by atoms with van der Waals surface area (Å²) in [5.41, 5.74) is 1.07. The van der Waals surface area contributed by atoms with Crippen molar-refractivity contribution in [2.24, 2.45) is 0 Å². The number of aromatic hydroxyl groups is 1. The lowest BCUT2D eigenvalue weighted by atomic mass is 10.1. The zero-order valence-electron chi connectivity index (χ0n) is 13.7. The second kappa shape index (κ2) is 6.64. The third-order valence-corrected chi connectivity index (χ3v) is 3.77. The van der Waals surface area contributed by atoms with E-state index in [0.717, 1.165) is 5.56 Å². The average molecular weight is 340 g/mol. The molecule has 0 fully saturated rings. The Morgan fingerprint density at radius 2 is 2.00 bits per heavy atom. The standard InChI is InChI=1S/C18H16N2O5/c1-10-5-3-6-11-15(10)19-14(20-17(11)22)9-25-18(23)12-7-4-8-13(24-2)16(12)21/h3-8,21H,9H2,1-2H3,(H,19,20,22). The first-order valence-electron chi connectivity index (χ1n) is 7.53. The van der Waals surface area contributed by atoms with Crippen LogP contribution in [-0.4, -0.2) is 28.2 Å². The molecule has 3 rings (SSSR count). The number of carbonyl (C=O) groups excluding carboxylic acids is 1. The van der Waals surface area contributed by atoms with Gasteiger partial charge in [-0.3, -0.25) is 4.79 Å². The summed E-state index contributed by atoms with van der Waals surface area (Å²) in [5.74, 6) is -0.653. The number of esters is 1. The maximum absolute atomic E-state index is 12.2. The fourth-order valence-corrected chi connectivity index (χ4v) is 2.48. The van der Waals surface area contributed by atoms with Crippen molar-refractivity contribution in [3.05, 3.63) is 63.7 Å². The largest absolute Gasteiger partial charge is 0.504 e. The Balaban J connectivity index is 1.85. The van der Waals surface area contributed by atoms with Crippen LogP contribution in [0.1, 0.15) is 21.7 Å². The van der Waals surface area contributed by atoms with Gasteiger partial charge in [-0.2, -0.15) is 0 Å². The Hall–Kier alpha value is -3.35. The van der Waals surface area contributed by atoms with Gasteiger partial charge in [0.2, 0.25) is 0 Å². The van der Waals surface area contributed by atoms with Gasteiger partial charge in [0, 0.05) is 0 Å². The lowest BCUT2D eigenvalue weighted by molar-refractivity contribution is 0.0458. The van der Waals surface area contributed by atoms with Crippen molar-refractivity contribution >= 4 is 16.9 Å². The molecule has 7 heteroatoms. The lowest BCUT2D eigenvalue weighted by Crippen LogP contribution is -2.15. The van der Waals surface area contributed by atoms with Crippen molar-refractivity contribution in [2.45, 2.75) is 13.5 Å². The van der Waals surface area contributed by atoms with Crippen LogP contribution in [0.4, 0.5) is 0 Å². The third-order valence-electron chi connectivity index (χ3n) is 3.77. The van der Waals surface area contributed by atoms with Crippen molar-refractivity contribution in [1.29, 1.82) is 0 Å².